The van der Waals surface area contributed by atoms with Crippen molar-refractivity contribution in [2.24, 2.45) is 0 Å². The molecule has 3 aromatic rings. The highest BCUT2D eigenvalue weighted by atomic mass is 35.5. The maximum Gasteiger partial charge on any atom is 0.347 e. The third kappa shape index (κ3) is 4.40. The molecule has 1 atom stereocenters. The molecule has 1 unspecified atom stereocenters. The molecule has 0 spiro atoms. The Morgan fingerprint density at radius 1 is 1.21 bits per heavy atom. The summed E-state index contributed by atoms with van der Waals surface area (Å²) in [5, 5.41) is 0.682. The molecule has 29 heavy (non-hydrogen) atoms. The first-order valence-corrected chi connectivity index (χ1v) is 9.98. The SMILES string of the molecule is O=C(Cn1cccnc1=O)N1CCCCC1c1ncc(Cc2ccccc2Cl)o1. The summed E-state index contributed by atoms with van der Waals surface area (Å²) in [7, 11) is 0. The van der Waals surface area contributed by atoms with E-state index in [2.05, 4.69) is 9.97 Å². The van der Waals surface area contributed by atoms with Gasteiger partial charge in [-0.15, -0.1) is 0 Å². The van der Waals surface area contributed by atoms with Crippen LogP contribution >= 0.6 is 11.6 Å². The van der Waals surface area contributed by atoms with Crippen LogP contribution in [0.15, 0.2) is 58.1 Å². The van der Waals surface area contributed by atoms with E-state index in [1.54, 1.807) is 23.4 Å². The number of hydrogen-bond donors (Lipinski definition) is 0. The van der Waals surface area contributed by atoms with Crippen molar-refractivity contribution in [1.82, 2.24) is 19.4 Å². The van der Waals surface area contributed by atoms with Gasteiger partial charge >= 0.3 is 5.69 Å². The Labute approximate surface area is 173 Å². The van der Waals surface area contributed by atoms with Gasteiger partial charge in [-0.05, 0) is 37.0 Å². The molecule has 0 radical (unpaired) electrons. The number of carbonyl (C=O) groups is 1. The molecular weight excluding hydrogens is 392 g/mol. The lowest BCUT2D eigenvalue weighted by Crippen LogP contribution is -2.42. The van der Waals surface area contributed by atoms with Gasteiger partial charge in [0.2, 0.25) is 11.8 Å². The average Bonchev–Trinajstić information content (AvgIpc) is 3.20. The number of oxazole rings is 1. The number of likely N-dealkylation sites (tertiary alicyclic amines) is 1. The molecule has 1 saturated heterocycles. The molecule has 1 fully saturated rings. The zero-order chi connectivity index (χ0) is 20.2. The number of piperidine rings is 1. The molecule has 0 bridgehead atoms. The van der Waals surface area contributed by atoms with Gasteiger partial charge in [-0.25, -0.2) is 14.8 Å². The number of nitrogens with zero attached hydrogens (tertiary/aromatic N) is 4. The van der Waals surface area contributed by atoms with E-state index in [9.17, 15) is 9.59 Å². The Morgan fingerprint density at radius 3 is 2.90 bits per heavy atom. The molecule has 8 heteroatoms. The van der Waals surface area contributed by atoms with E-state index >= 15 is 0 Å². The predicted molar refractivity (Wildman–Crippen MR) is 108 cm³/mol. The van der Waals surface area contributed by atoms with Crippen LogP contribution in [-0.2, 0) is 17.8 Å². The number of rotatable bonds is 5. The maximum atomic E-state index is 12.9. The Hall–Kier alpha value is -2.93. The van der Waals surface area contributed by atoms with Crippen LogP contribution in [-0.4, -0.2) is 31.9 Å². The number of hydrogen-bond acceptors (Lipinski definition) is 5. The molecule has 1 aromatic carbocycles. The summed E-state index contributed by atoms with van der Waals surface area (Å²) >= 11 is 6.24. The van der Waals surface area contributed by atoms with Gasteiger partial charge in [0.1, 0.15) is 18.3 Å². The monoisotopic (exact) mass is 412 g/mol. The minimum atomic E-state index is -0.437. The van der Waals surface area contributed by atoms with Crippen molar-refractivity contribution in [3.05, 3.63) is 81.6 Å². The molecule has 150 valence electrons. The minimum absolute atomic E-state index is 0.0453. The molecule has 4 rings (SSSR count). The Kier molecular flexibility index (Phi) is 5.76. The second kappa shape index (κ2) is 8.61. The van der Waals surface area contributed by atoms with Gasteiger partial charge in [0.05, 0.1) is 6.20 Å². The topological polar surface area (TPSA) is 81.2 Å². The fourth-order valence-electron chi connectivity index (χ4n) is 3.62. The van der Waals surface area contributed by atoms with Crippen molar-refractivity contribution < 1.29 is 9.21 Å². The van der Waals surface area contributed by atoms with Gasteiger partial charge in [0, 0.05) is 30.4 Å². The first-order valence-electron chi connectivity index (χ1n) is 9.61. The molecule has 1 aliphatic rings. The lowest BCUT2D eigenvalue weighted by molar-refractivity contribution is -0.136. The van der Waals surface area contributed by atoms with E-state index in [1.807, 2.05) is 24.3 Å². The fourth-order valence-corrected chi connectivity index (χ4v) is 3.82. The third-order valence-electron chi connectivity index (χ3n) is 5.09. The van der Waals surface area contributed by atoms with Gasteiger partial charge in [-0.2, -0.15) is 0 Å². The van der Waals surface area contributed by atoms with Crippen molar-refractivity contribution in [3.8, 4) is 0 Å². The van der Waals surface area contributed by atoms with Crippen LogP contribution in [0.1, 0.15) is 42.5 Å². The Morgan fingerprint density at radius 2 is 2.07 bits per heavy atom. The highest BCUT2D eigenvalue weighted by Crippen LogP contribution is 2.31. The normalized spacial score (nSPS) is 16.7. The Balaban J connectivity index is 1.51. The second-order valence-corrected chi connectivity index (χ2v) is 7.47. The third-order valence-corrected chi connectivity index (χ3v) is 5.46. The van der Waals surface area contributed by atoms with Crippen LogP contribution in [0.25, 0.3) is 0 Å². The summed E-state index contributed by atoms with van der Waals surface area (Å²) in [6.45, 7) is 0.567. The number of halogens is 1. The van der Waals surface area contributed by atoms with Crippen molar-refractivity contribution in [2.45, 2.75) is 38.3 Å². The van der Waals surface area contributed by atoms with Gasteiger partial charge in [0.15, 0.2) is 0 Å². The van der Waals surface area contributed by atoms with Crippen LogP contribution in [0.5, 0.6) is 0 Å². The number of carbonyl (C=O) groups excluding carboxylic acids is 1. The van der Waals surface area contributed by atoms with Crippen molar-refractivity contribution in [1.29, 1.82) is 0 Å². The summed E-state index contributed by atoms with van der Waals surface area (Å²) in [6.07, 6.45) is 7.90. The highest BCUT2D eigenvalue weighted by molar-refractivity contribution is 6.31. The summed E-state index contributed by atoms with van der Waals surface area (Å²) in [4.78, 5) is 34.6. The van der Waals surface area contributed by atoms with E-state index in [-0.39, 0.29) is 18.5 Å². The summed E-state index contributed by atoms with van der Waals surface area (Å²) in [5.41, 5.74) is 0.525. The van der Waals surface area contributed by atoms with E-state index in [0.29, 0.717) is 29.6 Å². The zero-order valence-electron chi connectivity index (χ0n) is 15.8. The molecular formula is C21H21ClN4O3. The van der Waals surface area contributed by atoms with E-state index in [0.717, 1.165) is 24.8 Å². The predicted octanol–water partition coefficient (Wildman–Crippen LogP) is 3.23. The first-order chi connectivity index (χ1) is 14.1. The summed E-state index contributed by atoms with van der Waals surface area (Å²) in [6, 6.07) is 9.01. The zero-order valence-corrected chi connectivity index (χ0v) is 16.6. The molecule has 3 heterocycles. The van der Waals surface area contributed by atoms with E-state index < -0.39 is 5.69 Å². The van der Waals surface area contributed by atoms with E-state index in [4.69, 9.17) is 16.0 Å². The largest absolute Gasteiger partial charge is 0.443 e. The van der Waals surface area contributed by atoms with Crippen molar-refractivity contribution in [2.75, 3.05) is 6.54 Å². The number of benzene rings is 1. The molecule has 2 aromatic heterocycles. The average molecular weight is 413 g/mol. The minimum Gasteiger partial charge on any atom is -0.443 e. The molecule has 1 aliphatic heterocycles. The first kappa shape index (κ1) is 19.4. The van der Waals surface area contributed by atoms with E-state index in [1.165, 1.54) is 10.8 Å². The number of amides is 1. The Bertz CT molecular complexity index is 1060. The second-order valence-electron chi connectivity index (χ2n) is 7.06. The smallest absolute Gasteiger partial charge is 0.347 e. The van der Waals surface area contributed by atoms with Crippen LogP contribution in [0.3, 0.4) is 0 Å². The maximum absolute atomic E-state index is 12.9. The standard InChI is InChI=1S/C21H21ClN4O3/c22-17-7-2-1-6-15(17)12-16-13-24-20(29-16)18-8-3-4-11-26(18)19(27)14-25-10-5-9-23-21(25)28/h1-2,5-7,9-10,13,18H,3-4,8,11-12,14H2. The lowest BCUT2D eigenvalue weighted by Gasteiger charge is -2.33. The van der Waals surface area contributed by atoms with Crippen molar-refractivity contribution >= 4 is 17.5 Å². The van der Waals surface area contributed by atoms with Crippen molar-refractivity contribution in [3.63, 3.8) is 0 Å². The number of aromatic nitrogens is 3. The van der Waals surface area contributed by atoms with Crippen LogP contribution in [0.4, 0.5) is 0 Å². The lowest BCUT2D eigenvalue weighted by atomic mass is 10.0. The fraction of sp³-hybridized carbons (Fsp3) is 0.333. The van der Waals surface area contributed by atoms with Gasteiger partial charge in [-0.3, -0.25) is 9.36 Å². The van der Waals surface area contributed by atoms with Crippen LogP contribution in [0.2, 0.25) is 5.02 Å². The molecule has 0 N–H and O–H groups in total. The molecule has 7 nitrogen and oxygen atoms in total. The summed E-state index contributed by atoms with van der Waals surface area (Å²) < 4.78 is 7.30. The highest BCUT2D eigenvalue weighted by Gasteiger charge is 2.31. The van der Waals surface area contributed by atoms with Gasteiger partial charge in [0.25, 0.3) is 0 Å². The van der Waals surface area contributed by atoms with Gasteiger partial charge in [-0.1, -0.05) is 29.8 Å². The van der Waals surface area contributed by atoms with Crippen LogP contribution < -0.4 is 5.69 Å². The molecule has 0 aliphatic carbocycles. The van der Waals surface area contributed by atoms with Crippen LogP contribution in [0, 0.1) is 0 Å². The van der Waals surface area contributed by atoms with Gasteiger partial charge < -0.3 is 9.32 Å². The molecule has 1 amide bonds. The quantitative estimate of drug-likeness (QED) is 0.642. The molecule has 0 saturated carbocycles. The summed E-state index contributed by atoms with van der Waals surface area (Å²) in [5.74, 6) is 1.09.